The highest BCUT2D eigenvalue weighted by molar-refractivity contribution is 5.90. The first-order valence-electron chi connectivity index (χ1n) is 5.23. The van der Waals surface area contributed by atoms with Crippen LogP contribution in [0.2, 0.25) is 0 Å². The molecule has 0 heterocycles. The van der Waals surface area contributed by atoms with Crippen molar-refractivity contribution in [2.75, 3.05) is 0 Å². The fourth-order valence-electron chi connectivity index (χ4n) is 2.25. The van der Waals surface area contributed by atoms with Gasteiger partial charge in [-0.15, -0.1) is 0 Å². The lowest BCUT2D eigenvalue weighted by Crippen LogP contribution is -2.41. The molecule has 0 atom stereocenters. The van der Waals surface area contributed by atoms with Crippen LogP contribution < -0.4 is 0 Å². The summed E-state index contributed by atoms with van der Waals surface area (Å²) in [5.41, 5.74) is 1.71. The molecule has 15 heavy (non-hydrogen) atoms. The molecule has 1 saturated carbocycles. The highest BCUT2D eigenvalue weighted by atomic mass is 16.1. The minimum atomic E-state index is -0.524. The number of hydrogen-bond acceptors (Lipinski definition) is 2. The molecule has 1 aliphatic carbocycles. The second kappa shape index (κ2) is 3.51. The fourth-order valence-corrected chi connectivity index (χ4v) is 2.25. The van der Waals surface area contributed by atoms with E-state index in [2.05, 4.69) is 13.0 Å². The van der Waals surface area contributed by atoms with Gasteiger partial charge in [-0.3, -0.25) is 4.79 Å². The Morgan fingerprint density at radius 2 is 2.07 bits per heavy atom. The molecule has 1 aromatic rings. The van der Waals surface area contributed by atoms with E-state index in [1.807, 2.05) is 24.3 Å². The van der Waals surface area contributed by atoms with Gasteiger partial charge in [0.25, 0.3) is 0 Å². The molecule has 0 aromatic heterocycles. The lowest BCUT2D eigenvalue weighted by Gasteiger charge is -2.35. The van der Waals surface area contributed by atoms with E-state index in [-0.39, 0.29) is 5.78 Å². The van der Waals surface area contributed by atoms with Crippen molar-refractivity contribution >= 4 is 5.78 Å². The van der Waals surface area contributed by atoms with Gasteiger partial charge < -0.3 is 0 Å². The number of nitrogens with zero attached hydrogens (tertiary/aromatic N) is 1. The third-order valence-electron chi connectivity index (χ3n) is 3.13. The van der Waals surface area contributed by atoms with Crippen molar-refractivity contribution in [2.24, 2.45) is 0 Å². The summed E-state index contributed by atoms with van der Waals surface area (Å²) >= 11 is 0. The standard InChI is InChI=1S/C13H13NO/c1-2-10-5-3-4-6-12(10)13(9-14)7-11(15)8-13/h3-6H,2,7-8H2,1H3. The van der Waals surface area contributed by atoms with E-state index in [0.717, 1.165) is 12.0 Å². The Morgan fingerprint density at radius 1 is 1.40 bits per heavy atom. The Morgan fingerprint density at radius 3 is 2.60 bits per heavy atom. The Balaban J connectivity index is 2.45. The molecular weight excluding hydrogens is 186 g/mol. The largest absolute Gasteiger partial charge is 0.300 e. The summed E-state index contributed by atoms with van der Waals surface area (Å²) < 4.78 is 0. The van der Waals surface area contributed by atoms with Gasteiger partial charge >= 0.3 is 0 Å². The molecule has 1 fully saturated rings. The molecule has 1 aliphatic rings. The van der Waals surface area contributed by atoms with Crippen molar-refractivity contribution in [2.45, 2.75) is 31.6 Å². The zero-order valence-corrected chi connectivity index (χ0v) is 8.79. The van der Waals surface area contributed by atoms with Crippen LogP contribution in [0.25, 0.3) is 0 Å². The first-order chi connectivity index (χ1) is 7.22. The second-order valence-electron chi connectivity index (χ2n) is 4.10. The molecule has 2 heteroatoms. The van der Waals surface area contributed by atoms with Crippen LogP contribution >= 0.6 is 0 Å². The van der Waals surface area contributed by atoms with Gasteiger partial charge in [-0.05, 0) is 17.5 Å². The van der Waals surface area contributed by atoms with Gasteiger partial charge in [0.1, 0.15) is 5.78 Å². The number of aryl methyl sites for hydroxylation is 1. The van der Waals surface area contributed by atoms with Gasteiger partial charge in [0.2, 0.25) is 0 Å². The fraction of sp³-hybridized carbons (Fsp3) is 0.385. The maximum absolute atomic E-state index is 11.1. The molecule has 1 aromatic carbocycles. The zero-order chi connectivity index (χ0) is 10.9. The molecule has 0 saturated heterocycles. The highest BCUT2D eigenvalue weighted by Crippen LogP contribution is 2.42. The van der Waals surface area contributed by atoms with E-state index < -0.39 is 5.41 Å². The van der Waals surface area contributed by atoms with E-state index >= 15 is 0 Å². The van der Waals surface area contributed by atoms with Crippen LogP contribution in [0.15, 0.2) is 24.3 Å². The quantitative estimate of drug-likeness (QED) is 0.733. The Labute approximate surface area is 89.5 Å². The first-order valence-corrected chi connectivity index (χ1v) is 5.23. The predicted molar refractivity (Wildman–Crippen MR) is 57.4 cm³/mol. The molecule has 0 N–H and O–H groups in total. The van der Waals surface area contributed by atoms with Gasteiger partial charge in [0.15, 0.2) is 0 Å². The number of Topliss-reactive ketones (excluding diaryl/α,β-unsaturated/α-hetero) is 1. The monoisotopic (exact) mass is 199 g/mol. The number of benzene rings is 1. The Kier molecular flexibility index (Phi) is 2.32. The molecule has 0 spiro atoms. The number of nitriles is 1. The number of carbonyl (C=O) groups is 1. The molecule has 0 bridgehead atoms. The van der Waals surface area contributed by atoms with Crippen LogP contribution in [0.1, 0.15) is 30.9 Å². The number of hydrogen-bond donors (Lipinski definition) is 0. The maximum atomic E-state index is 11.1. The lowest BCUT2D eigenvalue weighted by atomic mass is 9.63. The molecule has 76 valence electrons. The lowest BCUT2D eigenvalue weighted by molar-refractivity contribution is -0.126. The van der Waals surface area contributed by atoms with Crippen molar-refractivity contribution in [3.8, 4) is 6.07 Å². The summed E-state index contributed by atoms with van der Waals surface area (Å²) in [5, 5.41) is 9.23. The van der Waals surface area contributed by atoms with Gasteiger partial charge in [-0.25, -0.2) is 0 Å². The maximum Gasteiger partial charge on any atom is 0.136 e. The van der Waals surface area contributed by atoms with E-state index in [1.165, 1.54) is 5.56 Å². The molecule has 0 radical (unpaired) electrons. The summed E-state index contributed by atoms with van der Waals surface area (Å²) in [7, 11) is 0. The summed E-state index contributed by atoms with van der Waals surface area (Å²) in [6.07, 6.45) is 1.69. The van der Waals surface area contributed by atoms with E-state index in [4.69, 9.17) is 0 Å². The van der Waals surface area contributed by atoms with Gasteiger partial charge in [0, 0.05) is 12.8 Å². The van der Waals surface area contributed by atoms with Gasteiger partial charge in [-0.2, -0.15) is 5.26 Å². The van der Waals surface area contributed by atoms with Crippen LogP contribution in [-0.2, 0) is 16.6 Å². The van der Waals surface area contributed by atoms with Crippen molar-refractivity contribution in [3.05, 3.63) is 35.4 Å². The van der Waals surface area contributed by atoms with Crippen molar-refractivity contribution in [1.82, 2.24) is 0 Å². The van der Waals surface area contributed by atoms with E-state index in [1.54, 1.807) is 0 Å². The van der Waals surface area contributed by atoms with Crippen LogP contribution in [0.4, 0.5) is 0 Å². The van der Waals surface area contributed by atoms with Crippen LogP contribution in [0, 0.1) is 11.3 Å². The molecule has 0 unspecified atom stereocenters. The minimum absolute atomic E-state index is 0.197. The summed E-state index contributed by atoms with van der Waals surface area (Å²) in [6, 6.07) is 10.3. The van der Waals surface area contributed by atoms with Crippen molar-refractivity contribution in [1.29, 1.82) is 5.26 Å². The van der Waals surface area contributed by atoms with Gasteiger partial charge in [-0.1, -0.05) is 31.2 Å². The predicted octanol–water partition coefficient (Wildman–Crippen LogP) is 2.37. The van der Waals surface area contributed by atoms with Crippen LogP contribution in [0.3, 0.4) is 0 Å². The number of ketones is 1. The number of rotatable bonds is 2. The molecule has 2 rings (SSSR count). The van der Waals surface area contributed by atoms with Crippen molar-refractivity contribution < 1.29 is 4.79 Å². The smallest absolute Gasteiger partial charge is 0.136 e. The molecule has 0 amide bonds. The third kappa shape index (κ3) is 1.45. The van der Waals surface area contributed by atoms with E-state index in [9.17, 15) is 10.1 Å². The Hall–Kier alpha value is -1.62. The summed E-state index contributed by atoms with van der Waals surface area (Å²) in [6.45, 7) is 2.07. The minimum Gasteiger partial charge on any atom is -0.300 e. The molecule has 0 aliphatic heterocycles. The number of carbonyl (C=O) groups excluding carboxylic acids is 1. The molecular formula is C13H13NO. The SMILES string of the molecule is CCc1ccccc1C1(C#N)CC(=O)C1. The Bertz CT molecular complexity index is 434. The summed E-state index contributed by atoms with van der Waals surface area (Å²) in [5.74, 6) is 0.197. The topological polar surface area (TPSA) is 40.9 Å². The average molecular weight is 199 g/mol. The third-order valence-corrected chi connectivity index (χ3v) is 3.13. The van der Waals surface area contributed by atoms with Crippen LogP contribution in [-0.4, -0.2) is 5.78 Å². The normalized spacial score (nSPS) is 18.0. The first kappa shape index (κ1) is 9.92. The highest BCUT2D eigenvalue weighted by Gasteiger charge is 2.46. The van der Waals surface area contributed by atoms with E-state index in [0.29, 0.717) is 12.8 Å². The van der Waals surface area contributed by atoms with Crippen molar-refractivity contribution in [3.63, 3.8) is 0 Å². The summed E-state index contributed by atoms with van der Waals surface area (Å²) in [4.78, 5) is 11.1. The van der Waals surface area contributed by atoms with Gasteiger partial charge in [0.05, 0.1) is 11.5 Å². The second-order valence-corrected chi connectivity index (χ2v) is 4.10. The van der Waals surface area contributed by atoms with Crippen LogP contribution in [0.5, 0.6) is 0 Å². The zero-order valence-electron chi connectivity index (χ0n) is 8.79. The molecule has 2 nitrogen and oxygen atoms in total. The average Bonchev–Trinajstić information content (AvgIpc) is 2.24.